The maximum atomic E-state index is 13.4. The Hall–Kier alpha value is -4.81. The molecule has 0 spiro atoms. The lowest BCUT2D eigenvalue weighted by molar-refractivity contribution is -0.140. The molecule has 4 aromatic heterocycles. The maximum absolute atomic E-state index is 13.4. The van der Waals surface area contributed by atoms with Gasteiger partial charge in [0.05, 0.1) is 28.8 Å². The summed E-state index contributed by atoms with van der Waals surface area (Å²) in [6.45, 7) is 5.79. The van der Waals surface area contributed by atoms with Crippen LogP contribution in [0, 0.1) is 12.0 Å². The second kappa shape index (κ2) is 12.4. The number of thiazole rings is 1. The van der Waals surface area contributed by atoms with Gasteiger partial charge in [-0.3, -0.25) is 24.6 Å². The summed E-state index contributed by atoms with van der Waals surface area (Å²) in [5.74, 6) is 1.77. The van der Waals surface area contributed by atoms with Crippen LogP contribution in [0.2, 0.25) is 0 Å². The van der Waals surface area contributed by atoms with Crippen LogP contribution in [0.15, 0.2) is 40.9 Å². The van der Waals surface area contributed by atoms with Gasteiger partial charge in [0.2, 0.25) is 5.43 Å². The van der Waals surface area contributed by atoms with E-state index in [2.05, 4.69) is 42.5 Å². The number of amides is 2. The molecule has 1 aliphatic rings. The SMILES string of the molecule is CCNC(=O)Nc1cc(-c2nc(C(F)(F)F)cs2)c(-c2cc3c(=O)c(C(=O)O)cn(C#C[C@@H]4CCCN4CC)c3cn2)cn1. The van der Waals surface area contributed by atoms with Crippen LogP contribution in [0.25, 0.3) is 32.7 Å². The summed E-state index contributed by atoms with van der Waals surface area (Å²) in [4.78, 5) is 52.0. The van der Waals surface area contributed by atoms with Gasteiger partial charge in [-0.2, -0.15) is 13.2 Å². The molecule has 11 nitrogen and oxygen atoms in total. The summed E-state index contributed by atoms with van der Waals surface area (Å²) in [5, 5.41) is 15.6. The quantitative estimate of drug-likeness (QED) is 0.261. The highest BCUT2D eigenvalue weighted by Gasteiger charge is 2.34. The molecule has 0 radical (unpaired) electrons. The van der Waals surface area contributed by atoms with E-state index in [4.69, 9.17) is 0 Å². The summed E-state index contributed by atoms with van der Waals surface area (Å²) >= 11 is 0.732. The predicted octanol–water partition coefficient (Wildman–Crippen LogP) is 4.73. The first-order valence-corrected chi connectivity index (χ1v) is 14.5. The van der Waals surface area contributed by atoms with Crippen LogP contribution in [0.4, 0.5) is 23.8 Å². The molecule has 4 aromatic rings. The maximum Gasteiger partial charge on any atom is 0.434 e. The highest BCUT2D eigenvalue weighted by Crippen LogP contribution is 2.38. The third-order valence-electron chi connectivity index (χ3n) is 7.03. The van der Waals surface area contributed by atoms with Crippen molar-refractivity contribution in [2.45, 2.75) is 38.9 Å². The van der Waals surface area contributed by atoms with E-state index >= 15 is 0 Å². The zero-order valence-electron chi connectivity index (χ0n) is 23.5. The monoisotopic (exact) mass is 625 g/mol. The first-order valence-electron chi connectivity index (χ1n) is 13.6. The molecule has 0 bridgehead atoms. The number of aromatic nitrogens is 4. The summed E-state index contributed by atoms with van der Waals surface area (Å²) in [6, 6.07) is 5.10. The number of anilines is 1. The number of pyridine rings is 3. The van der Waals surface area contributed by atoms with Crippen LogP contribution in [0.5, 0.6) is 0 Å². The van der Waals surface area contributed by atoms with Crippen molar-refractivity contribution in [3.63, 3.8) is 0 Å². The smallest absolute Gasteiger partial charge is 0.434 e. The molecule has 0 unspecified atom stereocenters. The standard InChI is InChI=1S/C29H26F3N7O4S/c1-3-33-28(43)37-24-11-17(26-36-23(15-44-26)29(30,31)32)19(12-35-24)21-10-18-22(13-34-21)39(14-20(25(18)40)27(41)42)9-7-16-6-5-8-38(16)4-2/h10-16H,3-6,8H2,1-2H3,(H,41,42)(H2,33,35,37,43)/t16-/m0/s1. The molecule has 0 saturated carbocycles. The Kier molecular flexibility index (Phi) is 8.66. The minimum atomic E-state index is -4.68. The van der Waals surface area contributed by atoms with Crippen LogP contribution in [0.1, 0.15) is 42.7 Å². The second-order valence-corrected chi connectivity index (χ2v) is 10.7. The van der Waals surface area contributed by atoms with Gasteiger partial charge in [0.25, 0.3) is 0 Å². The number of carbonyl (C=O) groups excluding carboxylic acids is 1. The van der Waals surface area contributed by atoms with E-state index in [0.29, 0.717) is 6.54 Å². The van der Waals surface area contributed by atoms with E-state index in [-0.39, 0.29) is 44.6 Å². The number of urea groups is 1. The molecule has 44 heavy (non-hydrogen) atoms. The highest BCUT2D eigenvalue weighted by molar-refractivity contribution is 7.13. The van der Waals surface area contributed by atoms with Crippen molar-refractivity contribution in [2.24, 2.45) is 0 Å². The van der Waals surface area contributed by atoms with Gasteiger partial charge in [0.1, 0.15) is 16.4 Å². The number of carboxylic acids is 1. The van der Waals surface area contributed by atoms with Gasteiger partial charge in [0.15, 0.2) is 5.69 Å². The largest absolute Gasteiger partial charge is 0.477 e. The van der Waals surface area contributed by atoms with E-state index in [0.717, 1.165) is 48.8 Å². The van der Waals surface area contributed by atoms with Crippen molar-refractivity contribution in [1.82, 2.24) is 29.7 Å². The van der Waals surface area contributed by atoms with Gasteiger partial charge in [0, 0.05) is 41.5 Å². The first kappa shape index (κ1) is 30.6. The lowest BCUT2D eigenvalue weighted by atomic mass is 10.0. The van der Waals surface area contributed by atoms with Gasteiger partial charge < -0.3 is 10.4 Å². The van der Waals surface area contributed by atoms with Crippen molar-refractivity contribution in [3.05, 3.63) is 57.6 Å². The molecular weight excluding hydrogens is 599 g/mol. The molecule has 1 atom stereocenters. The Morgan fingerprint density at radius 2 is 1.98 bits per heavy atom. The molecular formula is C29H26F3N7O4S. The molecule has 1 saturated heterocycles. The topological polar surface area (TPSA) is 142 Å². The van der Waals surface area contributed by atoms with Crippen molar-refractivity contribution < 1.29 is 27.9 Å². The minimum absolute atomic E-state index is 0.00596. The Morgan fingerprint density at radius 1 is 1.18 bits per heavy atom. The van der Waals surface area contributed by atoms with Gasteiger partial charge in [-0.15, -0.1) is 11.3 Å². The normalized spacial score (nSPS) is 15.2. The number of hydrogen-bond donors (Lipinski definition) is 3. The molecule has 1 aliphatic heterocycles. The van der Waals surface area contributed by atoms with Crippen LogP contribution in [-0.2, 0) is 6.18 Å². The molecule has 1 fully saturated rings. The Balaban J connectivity index is 1.66. The number of alkyl halides is 3. The number of nitrogens with zero attached hydrogens (tertiary/aromatic N) is 5. The molecule has 15 heteroatoms. The van der Waals surface area contributed by atoms with Crippen LogP contribution in [-0.4, -0.2) is 67.2 Å². The summed E-state index contributed by atoms with van der Waals surface area (Å²) in [5.41, 5.74) is -1.62. The summed E-state index contributed by atoms with van der Waals surface area (Å²) in [7, 11) is 0. The fraction of sp³-hybridized carbons (Fsp3) is 0.310. The number of likely N-dealkylation sites (tertiary alicyclic amines) is 1. The van der Waals surface area contributed by atoms with Crippen molar-refractivity contribution in [1.29, 1.82) is 0 Å². The Labute approximate surface area is 252 Å². The van der Waals surface area contributed by atoms with Gasteiger partial charge in [-0.25, -0.2) is 19.6 Å². The van der Waals surface area contributed by atoms with Gasteiger partial charge in [-0.1, -0.05) is 12.8 Å². The van der Waals surface area contributed by atoms with Crippen molar-refractivity contribution in [3.8, 4) is 33.8 Å². The van der Waals surface area contributed by atoms with Crippen LogP contribution >= 0.6 is 11.3 Å². The number of rotatable bonds is 6. The molecule has 5 rings (SSSR count). The fourth-order valence-electron chi connectivity index (χ4n) is 4.88. The number of nitrogens with one attached hydrogen (secondary N) is 2. The average Bonchev–Trinajstić information content (AvgIpc) is 3.67. The van der Waals surface area contributed by atoms with Crippen molar-refractivity contribution in [2.75, 3.05) is 25.0 Å². The Morgan fingerprint density at radius 3 is 2.66 bits per heavy atom. The number of carboxylic acid groups (broad SMARTS) is 1. The molecule has 3 N–H and O–H groups in total. The van der Waals surface area contributed by atoms with E-state index in [1.165, 1.54) is 29.1 Å². The highest BCUT2D eigenvalue weighted by atomic mass is 32.1. The van der Waals surface area contributed by atoms with Crippen LogP contribution in [0.3, 0.4) is 0 Å². The first-order chi connectivity index (χ1) is 21.0. The summed E-state index contributed by atoms with van der Waals surface area (Å²) in [6.07, 6.45) is 0.971. The lowest BCUT2D eigenvalue weighted by Gasteiger charge is -2.17. The lowest BCUT2D eigenvalue weighted by Crippen LogP contribution is -2.28. The average molecular weight is 626 g/mol. The number of fused-ring (bicyclic) bond motifs is 1. The van der Waals surface area contributed by atoms with E-state index in [1.807, 2.05) is 6.92 Å². The van der Waals surface area contributed by atoms with Crippen LogP contribution < -0.4 is 16.1 Å². The Bertz CT molecular complexity index is 1880. The molecule has 0 aliphatic carbocycles. The third-order valence-corrected chi connectivity index (χ3v) is 7.90. The third kappa shape index (κ3) is 6.26. The van der Waals surface area contributed by atoms with E-state index < -0.39 is 34.9 Å². The zero-order chi connectivity index (χ0) is 31.6. The van der Waals surface area contributed by atoms with Crippen molar-refractivity contribution >= 4 is 40.1 Å². The number of hydrogen-bond acceptors (Lipinski definition) is 8. The molecule has 5 heterocycles. The van der Waals surface area contributed by atoms with E-state index in [9.17, 15) is 32.7 Å². The number of halogens is 3. The van der Waals surface area contributed by atoms with Gasteiger partial charge in [-0.05, 0) is 45.0 Å². The van der Waals surface area contributed by atoms with Gasteiger partial charge >= 0.3 is 18.2 Å². The number of aromatic carboxylic acids is 1. The summed E-state index contributed by atoms with van der Waals surface area (Å²) < 4.78 is 41.5. The fourth-order valence-corrected chi connectivity index (χ4v) is 5.74. The predicted molar refractivity (Wildman–Crippen MR) is 158 cm³/mol. The zero-order valence-corrected chi connectivity index (χ0v) is 24.3. The number of carbonyl (C=O) groups is 2. The van der Waals surface area contributed by atoms with E-state index in [1.54, 1.807) is 6.92 Å². The molecule has 0 aromatic carbocycles. The molecule has 2 amide bonds. The second-order valence-electron chi connectivity index (χ2n) is 9.81. The molecule has 228 valence electrons. The minimum Gasteiger partial charge on any atom is -0.477 e.